The molecule has 13 heavy (non-hydrogen) atoms. The van der Waals surface area contributed by atoms with Crippen LogP contribution in [0.1, 0.15) is 12.2 Å². The number of alkyl halides is 1. The monoisotopic (exact) mass is 225 g/mol. The van der Waals surface area contributed by atoms with Gasteiger partial charge in [-0.1, -0.05) is 0 Å². The highest BCUT2D eigenvalue weighted by molar-refractivity contribution is 6.63. The van der Waals surface area contributed by atoms with Gasteiger partial charge in [0, 0.05) is 18.4 Å². The highest BCUT2D eigenvalue weighted by Crippen LogP contribution is 1.88. The van der Waals surface area contributed by atoms with Crippen LogP contribution in [-0.2, 0) is 4.79 Å². The number of aromatic amines is 1. The Balaban J connectivity index is 0.000000226. The average molecular weight is 226 g/mol. The predicted molar refractivity (Wildman–Crippen MR) is 50.3 cm³/mol. The molecule has 1 aromatic rings. The van der Waals surface area contributed by atoms with E-state index >= 15 is 0 Å². The summed E-state index contributed by atoms with van der Waals surface area (Å²) >= 11 is 9.95. The lowest BCUT2D eigenvalue weighted by Gasteiger charge is -1.76. The first kappa shape index (κ1) is 12.3. The van der Waals surface area contributed by atoms with E-state index in [0.29, 0.717) is 11.6 Å². The molecule has 0 aliphatic heterocycles. The van der Waals surface area contributed by atoms with Crippen molar-refractivity contribution in [3.63, 3.8) is 0 Å². The van der Waals surface area contributed by atoms with E-state index in [1.807, 2.05) is 0 Å². The Kier molecular flexibility index (Phi) is 6.36. The van der Waals surface area contributed by atoms with Gasteiger partial charge in [0.2, 0.25) is 5.24 Å². The number of halogens is 2. The number of aromatic nitrogens is 1. The van der Waals surface area contributed by atoms with Crippen LogP contribution in [0.3, 0.4) is 0 Å². The van der Waals surface area contributed by atoms with Crippen LogP contribution >= 0.6 is 23.2 Å². The number of H-pyrrole nitrogens is 1. The van der Waals surface area contributed by atoms with Crippen LogP contribution in [0.5, 0.6) is 0 Å². The summed E-state index contributed by atoms with van der Waals surface area (Å²) in [7, 11) is 0. The number of aryl methyl sites for hydroxylation is 1. The van der Waals surface area contributed by atoms with Crippen molar-refractivity contribution in [3.05, 3.63) is 22.2 Å². The SMILES string of the molecule is Cc1cc(=O)[nH]o1.O=C(Cl)CCCl. The van der Waals surface area contributed by atoms with E-state index in [9.17, 15) is 9.59 Å². The molecule has 4 nitrogen and oxygen atoms in total. The zero-order valence-electron chi connectivity index (χ0n) is 6.97. The molecule has 1 aromatic heterocycles. The maximum absolute atomic E-state index is 10.1. The molecule has 0 aromatic carbocycles. The zero-order valence-corrected chi connectivity index (χ0v) is 8.48. The third-order valence-electron chi connectivity index (χ3n) is 0.938. The molecule has 0 bridgehead atoms. The van der Waals surface area contributed by atoms with Gasteiger partial charge in [-0.3, -0.25) is 9.59 Å². The van der Waals surface area contributed by atoms with Crippen LogP contribution in [-0.4, -0.2) is 16.3 Å². The fourth-order valence-electron chi connectivity index (χ4n) is 0.449. The fraction of sp³-hybridized carbons (Fsp3) is 0.429. The van der Waals surface area contributed by atoms with E-state index in [1.54, 1.807) is 6.92 Å². The van der Waals surface area contributed by atoms with Gasteiger partial charge in [0.15, 0.2) is 0 Å². The van der Waals surface area contributed by atoms with Gasteiger partial charge in [-0.15, -0.1) is 11.6 Å². The standard InChI is InChI=1S/C4H5NO2.C3H4Cl2O/c1-3-2-4(6)5-7-3;4-2-1-3(5)6/h2H,1H3,(H,5,6);1-2H2. The quantitative estimate of drug-likeness (QED) is 0.616. The highest BCUT2D eigenvalue weighted by Gasteiger charge is 1.88. The molecule has 1 rings (SSSR count). The van der Waals surface area contributed by atoms with E-state index in [-0.39, 0.29) is 17.2 Å². The van der Waals surface area contributed by atoms with Crippen LogP contribution in [0.15, 0.2) is 15.4 Å². The molecule has 1 N–H and O–H groups in total. The van der Waals surface area contributed by atoms with Gasteiger partial charge in [-0.2, -0.15) is 5.16 Å². The first-order valence-corrected chi connectivity index (χ1v) is 4.37. The van der Waals surface area contributed by atoms with Gasteiger partial charge in [-0.25, -0.2) is 0 Å². The predicted octanol–water partition coefficient (Wildman–Crippen LogP) is 1.66. The molecular formula is C7H9Cl2NO3. The number of carbonyl (C=O) groups excluding carboxylic acids is 1. The number of carbonyl (C=O) groups is 1. The number of hydrogen-bond donors (Lipinski definition) is 1. The lowest BCUT2D eigenvalue weighted by Crippen LogP contribution is -1.92. The second kappa shape index (κ2) is 6.74. The second-order valence-corrected chi connectivity index (χ2v) is 2.92. The molecule has 0 amide bonds. The van der Waals surface area contributed by atoms with Gasteiger partial charge in [0.1, 0.15) is 5.76 Å². The van der Waals surface area contributed by atoms with E-state index < -0.39 is 0 Å². The lowest BCUT2D eigenvalue weighted by molar-refractivity contribution is -0.111. The van der Waals surface area contributed by atoms with Crippen molar-refractivity contribution in [1.82, 2.24) is 5.16 Å². The molecule has 0 unspecified atom stereocenters. The minimum atomic E-state index is -0.370. The van der Waals surface area contributed by atoms with Crippen molar-refractivity contribution in [3.8, 4) is 0 Å². The van der Waals surface area contributed by atoms with Crippen LogP contribution in [0.2, 0.25) is 0 Å². The third kappa shape index (κ3) is 7.62. The number of rotatable bonds is 2. The molecule has 1 heterocycles. The van der Waals surface area contributed by atoms with Gasteiger partial charge in [0.05, 0.1) is 0 Å². The molecule has 0 radical (unpaired) electrons. The van der Waals surface area contributed by atoms with E-state index in [0.717, 1.165) is 0 Å². The van der Waals surface area contributed by atoms with E-state index in [1.165, 1.54) is 6.07 Å². The first-order valence-electron chi connectivity index (χ1n) is 3.45. The van der Waals surface area contributed by atoms with Crippen molar-refractivity contribution in [2.45, 2.75) is 13.3 Å². The summed E-state index contributed by atoms with van der Waals surface area (Å²) in [6, 6.07) is 1.39. The number of nitrogens with one attached hydrogen (secondary N) is 1. The molecule has 0 aliphatic carbocycles. The van der Waals surface area contributed by atoms with Gasteiger partial charge >= 0.3 is 0 Å². The molecule has 0 atom stereocenters. The Morgan fingerprint density at radius 1 is 1.69 bits per heavy atom. The molecule has 74 valence electrons. The van der Waals surface area contributed by atoms with Crippen molar-refractivity contribution in [1.29, 1.82) is 0 Å². The Morgan fingerprint density at radius 2 is 2.31 bits per heavy atom. The normalized spacial score (nSPS) is 8.85. The Hall–Kier alpha value is -0.740. The summed E-state index contributed by atoms with van der Waals surface area (Å²) in [5, 5.41) is 1.77. The smallest absolute Gasteiger partial charge is 0.280 e. The van der Waals surface area contributed by atoms with E-state index in [2.05, 4.69) is 9.68 Å². The molecule has 0 aliphatic rings. The molecule has 0 fully saturated rings. The maximum atomic E-state index is 10.1. The Bertz CT molecular complexity index is 305. The van der Waals surface area contributed by atoms with Crippen molar-refractivity contribution < 1.29 is 9.32 Å². The molecule has 0 spiro atoms. The largest absolute Gasteiger partial charge is 0.384 e. The van der Waals surface area contributed by atoms with Crippen LogP contribution in [0.4, 0.5) is 0 Å². The molecule has 6 heteroatoms. The first-order chi connectivity index (χ1) is 6.06. The highest BCUT2D eigenvalue weighted by atomic mass is 35.5. The Labute approximate surface area is 84.8 Å². The molecule has 0 saturated heterocycles. The Morgan fingerprint density at radius 3 is 2.38 bits per heavy atom. The topological polar surface area (TPSA) is 63.1 Å². The zero-order chi connectivity index (χ0) is 10.3. The minimum absolute atomic E-state index is 0.183. The summed E-state index contributed by atoms with van der Waals surface area (Å²) in [6.07, 6.45) is 0.267. The van der Waals surface area contributed by atoms with Crippen molar-refractivity contribution >= 4 is 28.4 Å². The van der Waals surface area contributed by atoms with Gasteiger partial charge in [-0.05, 0) is 18.5 Å². The van der Waals surface area contributed by atoms with Crippen LogP contribution < -0.4 is 5.56 Å². The maximum Gasteiger partial charge on any atom is 0.280 e. The summed E-state index contributed by atoms with van der Waals surface area (Å²) in [6.45, 7) is 1.71. The molecule has 0 saturated carbocycles. The van der Waals surface area contributed by atoms with Gasteiger partial charge in [0.25, 0.3) is 5.56 Å². The third-order valence-corrected chi connectivity index (χ3v) is 1.32. The minimum Gasteiger partial charge on any atom is -0.384 e. The lowest BCUT2D eigenvalue weighted by atomic mass is 10.5. The summed E-state index contributed by atoms with van der Waals surface area (Å²) < 4.78 is 4.53. The average Bonchev–Trinajstić information content (AvgIpc) is 2.35. The number of hydrogen-bond acceptors (Lipinski definition) is 3. The van der Waals surface area contributed by atoms with Crippen molar-refractivity contribution in [2.24, 2.45) is 0 Å². The van der Waals surface area contributed by atoms with E-state index in [4.69, 9.17) is 23.2 Å². The summed E-state index contributed by atoms with van der Waals surface area (Å²) in [4.78, 5) is 19.9. The van der Waals surface area contributed by atoms with Crippen LogP contribution in [0, 0.1) is 6.92 Å². The fourth-order valence-corrected chi connectivity index (χ4v) is 0.811. The van der Waals surface area contributed by atoms with Crippen molar-refractivity contribution in [2.75, 3.05) is 5.88 Å². The second-order valence-electron chi connectivity index (χ2n) is 2.12. The summed E-state index contributed by atoms with van der Waals surface area (Å²) in [5.41, 5.74) is -0.183. The van der Waals surface area contributed by atoms with Gasteiger partial charge < -0.3 is 4.52 Å². The molecular weight excluding hydrogens is 217 g/mol. The van der Waals surface area contributed by atoms with Crippen LogP contribution in [0.25, 0.3) is 0 Å². The summed E-state index contributed by atoms with van der Waals surface area (Å²) in [5.74, 6) is 0.938.